The van der Waals surface area contributed by atoms with Crippen LogP contribution in [0.1, 0.15) is 0 Å². The molecule has 4 heteroatoms. The predicted octanol–water partition coefficient (Wildman–Crippen LogP) is 1.32. The van der Waals surface area contributed by atoms with E-state index in [1.54, 1.807) is 0 Å². The quantitative estimate of drug-likeness (QED) is 0.305. The number of nitrogens with zero attached hydrogens (tertiary/aromatic N) is 1. The minimum absolute atomic E-state index is 0.0842. The average Bonchev–Trinajstić information content (AvgIpc) is 1.61. The van der Waals surface area contributed by atoms with Gasteiger partial charge < -0.3 is 0 Å². The second-order valence-corrected chi connectivity index (χ2v) is 3.59. The number of halogens is 2. The first-order valence-corrected chi connectivity index (χ1v) is 3.27. The maximum Gasteiger partial charge on any atom is 0.235 e. The van der Waals surface area contributed by atoms with Crippen molar-refractivity contribution < 1.29 is 4.79 Å². The van der Waals surface area contributed by atoms with Crippen molar-refractivity contribution in [3.8, 4) is 0 Å². The summed E-state index contributed by atoms with van der Waals surface area (Å²) in [7, 11) is 0. The van der Waals surface area contributed by atoms with Crippen LogP contribution in [0.5, 0.6) is 0 Å². The summed E-state index contributed by atoms with van der Waals surface area (Å²) in [6.45, 7) is 0.353. The minimum atomic E-state index is -0.0842. The molecule has 0 aromatic rings. The van der Waals surface area contributed by atoms with E-state index in [0.29, 0.717) is 6.54 Å². The van der Waals surface area contributed by atoms with E-state index in [-0.39, 0.29) is 3.38 Å². The van der Waals surface area contributed by atoms with Crippen LogP contribution >= 0.6 is 34.2 Å². The Morgan fingerprint density at radius 3 is 2.71 bits per heavy atom. The van der Waals surface area contributed by atoms with Gasteiger partial charge in [0.05, 0.1) is 6.54 Å². The average molecular weight is 231 g/mol. The fraction of sp³-hybridized carbons (Fsp3) is 0.667. The number of hydrogen-bond acceptors (Lipinski definition) is 2. The largest absolute Gasteiger partial charge is 0.235 e. The lowest BCUT2D eigenvalue weighted by atomic mass is 10.8. The van der Waals surface area contributed by atoms with E-state index in [4.69, 9.17) is 11.6 Å². The van der Waals surface area contributed by atoms with E-state index in [0.717, 1.165) is 0 Å². The maximum atomic E-state index is 9.36. The molecular weight excluding hydrogens is 228 g/mol. The zero-order chi connectivity index (χ0) is 5.70. The van der Waals surface area contributed by atoms with Crippen molar-refractivity contribution in [2.45, 2.75) is 3.38 Å². The highest BCUT2D eigenvalue weighted by Crippen LogP contribution is 2.03. The van der Waals surface area contributed by atoms with Crippen LogP contribution in [0.25, 0.3) is 0 Å². The van der Waals surface area contributed by atoms with E-state index in [1.165, 1.54) is 6.08 Å². The number of alkyl halides is 2. The van der Waals surface area contributed by atoms with Gasteiger partial charge in [0.15, 0.2) is 0 Å². The van der Waals surface area contributed by atoms with Crippen molar-refractivity contribution in [3.05, 3.63) is 0 Å². The normalized spacial score (nSPS) is 12.3. The van der Waals surface area contributed by atoms with E-state index >= 15 is 0 Å². The lowest BCUT2D eigenvalue weighted by Crippen LogP contribution is -1.88. The molecule has 0 N–H and O–H groups in total. The predicted molar refractivity (Wildman–Crippen MR) is 36.6 cm³/mol. The Labute approximate surface area is 60.1 Å². The van der Waals surface area contributed by atoms with E-state index in [9.17, 15) is 4.79 Å². The van der Waals surface area contributed by atoms with E-state index in [2.05, 4.69) is 4.99 Å². The molecule has 0 rings (SSSR count). The van der Waals surface area contributed by atoms with E-state index in [1.807, 2.05) is 22.6 Å². The molecule has 0 aliphatic rings. The molecule has 0 bridgehead atoms. The van der Waals surface area contributed by atoms with Gasteiger partial charge in [0.2, 0.25) is 6.08 Å². The van der Waals surface area contributed by atoms with Crippen LogP contribution in [0.2, 0.25) is 0 Å². The van der Waals surface area contributed by atoms with Crippen LogP contribution in [0.15, 0.2) is 4.99 Å². The van der Waals surface area contributed by atoms with Gasteiger partial charge >= 0.3 is 0 Å². The third-order valence-electron chi connectivity index (χ3n) is 0.294. The zero-order valence-corrected chi connectivity index (χ0v) is 6.31. The van der Waals surface area contributed by atoms with Gasteiger partial charge in [0.1, 0.15) is 3.38 Å². The van der Waals surface area contributed by atoms with Gasteiger partial charge in [0.25, 0.3) is 0 Å². The lowest BCUT2D eigenvalue weighted by molar-refractivity contribution is 0.563. The summed E-state index contributed by atoms with van der Waals surface area (Å²) in [6, 6.07) is 0. The Bertz CT molecular complexity index is 88.9. The molecule has 2 nitrogen and oxygen atoms in total. The Hall–Kier alpha value is 0.400. The molecule has 1 atom stereocenters. The first-order valence-electron chi connectivity index (χ1n) is 1.59. The molecule has 0 radical (unpaired) electrons. The highest BCUT2D eigenvalue weighted by Gasteiger charge is 1.91. The Morgan fingerprint density at radius 2 is 2.57 bits per heavy atom. The van der Waals surface area contributed by atoms with Crippen molar-refractivity contribution in [2.24, 2.45) is 4.99 Å². The molecule has 0 spiro atoms. The van der Waals surface area contributed by atoms with Crippen molar-refractivity contribution in [1.82, 2.24) is 0 Å². The van der Waals surface area contributed by atoms with Crippen LogP contribution in [0, 0.1) is 0 Å². The van der Waals surface area contributed by atoms with Crippen LogP contribution in [-0.2, 0) is 4.79 Å². The van der Waals surface area contributed by atoms with Crippen molar-refractivity contribution in [2.75, 3.05) is 6.54 Å². The molecule has 0 aromatic heterocycles. The van der Waals surface area contributed by atoms with Gasteiger partial charge in [-0.1, -0.05) is 22.6 Å². The smallest absolute Gasteiger partial charge is 0.211 e. The van der Waals surface area contributed by atoms with Crippen LogP contribution in [0.4, 0.5) is 0 Å². The Morgan fingerprint density at radius 1 is 2.00 bits per heavy atom. The topological polar surface area (TPSA) is 29.4 Å². The monoisotopic (exact) mass is 231 g/mol. The van der Waals surface area contributed by atoms with Crippen molar-refractivity contribution >= 4 is 40.3 Å². The summed E-state index contributed by atoms with van der Waals surface area (Å²) >= 11 is 7.33. The second-order valence-electron chi connectivity index (χ2n) is 0.823. The lowest BCUT2D eigenvalue weighted by Gasteiger charge is -1.85. The number of carbonyl (C=O) groups excluding carboxylic acids is 1. The first-order chi connectivity index (χ1) is 3.27. The number of hydrogen-bond donors (Lipinski definition) is 0. The summed E-state index contributed by atoms with van der Waals surface area (Å²) in [4.78, 5) is 12.6. The molecule has 0 saturated carbocycles. The molecule has 0 heterocycles. The SMILES string of the molecule is O=C=NCC(Cl)I. The standard InChI is InChI=1S/C3H3ClINO/c4-3(5)1-6-2-7/h3H,1H2. The molecular formula is C3H3ClINO. The molecule has 1 unspecified atom stereocenters. The van der Waals surface area contributed by atoms with Crippen LogP contribution in [0.3, 0.4) is 0 Å². The third kappa shape index (κ3) is 6.40. The highest BCUT2D eigenvalue weighted by molar-refractivity contribution is 14.1. The summed E-state index contributed by atoms with van der Waals surface area (Å²) in [6.07, 6.45) is 1.38. The third-order valence-corrected chi connectivity index (χ3v) is 0.826. The van der Waals surface area contributed by atoms with Gasteiger partial charge in [-0.3, -0.25) is 0 Å². The summed E-state index contributed by atoms with van der Waals surface area (Å²) in [5.41, 5.74) is 0. The molecule has 40 valence electrons. The summed E-state index contributed by atoms with van der Waals surface area (Å²) in [5, 5.41) is 0. The van der Waals surface area contributed by atoms with Gasteiger partial charge in [-0.15, -0.1) is 11.6 Å². The first kappa shape index (κ1) is 7.40. The van der Waals surface area contributed by atoms with Gasteiger partial charge in [-0.25, -0.2) is 9.79 Å². The fourth-order valence-corrected chi connectivity index (χ4v) is 0.372. The highest BCUT2D eigenvalue weighted by atomic mass is 127. The zero-order valence-electron chi connectivity index (χ0n) is 3.40. The van der Waals surface area contributed by atoms with Gasteiger partial charge in [-0.05, 0) is 0 Å². The van der Waals surface area contributed by atoms with Crippen LogP contribution in [-0.4, -0.2) is 16.0 Å². The minimum Gasteiger partial charge on any atom is -0.211 e. The molecule has 0 aliphatic carbocycles. The summed E-state index contributed by atoms with van der Waals surface area (Å²) < 4.78 is -0.0842. The number of aliphatic imine (C=N–C) groups is 1. The van der Waals surface area contributed by atoms with Gasteiger partial charge in [0, 0.05) is 0 Å². The fourth-order valence-electron chi connectivity index (χ4n) is 0.106. The molecule has 0 saturated heterocycles. The van der Waals surface area contributed by atoms with Crippen LogP contribution < -0.4 is 0 Å². The van der Waals surface area contributed by atoms with Crippen molar-refractivity contribution in [1.29, 1.82) is 0 Å². The maximum absolute atomic E-state index is 9.36. The molecule has 0 fully saturated rings. The molecule has 0 aliphatic heterocycles. The molecule has 7 heavy (non-hydrogen) atoms. The second kappa shape index (κ2) is 4.56. The Balaban J connectivity index is 3.13. The number of rotatable bonds is 2. The Kier molecular flexibility index (Phi) is 4.82. The van der Waals surface area contributed by atoms with Crippen molar-refractivity contribution in [3.63, 3.8) is 0 Å². The number of isocyanates is 1. The van der Waals surface area contributed by atoms with Gasteiger partial charge in [-0.2, -0.15) is 0 Å². The molecule has 0 amide bonds. The van der Waals surface area contributed by atoms with E-state index < -0.39 is 0 Å². The molecule has 0 aromatic carbocycles. The summed E-state index contributed by atoms with van der Waals surface area (Å²) in [5.74, 6) is 0.